The molecule has 5 nitrogen and oxygen atoms in total. The third-order valence-electron chi connectivity index (χ3n) is 2.09. The second-order valence-corrected chi connectivity index (χ2v) is 3.58. The largest absolute Gasteiger partial charge is 0.466 e. The average Bonchev–Trinajstić information content (AvgIpc) is 2.22. The van der Waals surface area contributed by atoms with Crippen LogP contribution in [0.25, 0.3) is 0 Å². The number of primary amides is 1. The Morgan fingerprint density at radius 1 is 1.12 bits per heavy atom. The zero-order valence-corrected chi connectivity index (χ0v) is 9.96. The molecule has 16 heavy (non-hydrogen) atoms. The number of hydrogen-bond acceptors (Lipinski definition) is 4. The van der Waals surface area contributed by atoms with E-state index in [2.05, 4.69) is 5.32 Å². The summed E-state index contributed by atoms with van der Waals surface area (Å²) < 4.78 is 4.78. The van der Waals surface area contributed by atoms with Crippen LogP contribution in [0.15, 0.2) is 0 Å². The van der Waals surface area contributed by atoms with E-state index in [0.717, 1.165) is 25.8 Å². The topological polar surface area (TPSA) is 81.4 Å². The molecule has 0 spiro atoms. The fourth-order valence-corrected chi connectivity index (χ4v) is 1.27. The highest BCUT2D eigenvalue weighted by molar-refractivity contribution is 5.73. The Kier molecular flexibility index (Phi) is 9.70. The zero-order chi connectivity index (χ0) is 12.2. The monoisotopic (exact) mass is 230 g/mol. The minimum absolute atomic E-state index is 0.163. The fraction of sp³-hybridized carbons (Fsp3) is 0.818. The number of rotatable bonds is 10. The van der Waals surface area contributed by atoms with Crippen molar-refractivity contribution in [2.45, 2.75) is 39.0 Å². The molecule has 0 aliphatic carbocycles. The first kappa shape index (κ1) is 14.9. The van der Waals surface area contributed by atoms with Gasteiger partial charge in [-0.05, 0) is 26.3 Å². The van der Waals surface area contributed by atoms with E-state index < -0.39 is 0 Å². The third-order valence-corrected chi connectivity index (χ3v) is 2.09. The lowest BCUT2D eigenvalue weighted by Crippen LogP contribution is -2.20. The van der Waals surface area contributed by atoms with Crippen molar-refractivity contribution < 1.29 is 14.3 Å². The fourth-order valence-electron chi connectivity index (χ4n) is 1.27. The molecule has 0 fully saturated rings. The van der Waals surface area contributed by atoms with Gasteiger partial charge in [0.15, 0.2) is 0 Å². The van der Waals surface area contributed by atoms with Gasteiger partial charge in [0.2, 0.25) is 5.91 Å². The van der Waals surface area contributed by atoms with Gasteiger partial charge in [-0.2, -0.15) is 0 Å². The lowest BCUT2D eigenvalue weighted by molar-refractivity contribution is -0.143. The van der Waals surface area contributed by atoms with Gasteiger partial charge >= 0.3 is 5.97 Å². The zero-order valence-electron chi connectivity index (χ0n) is 9.96. The Morgan fingerprint density at radius 3 is 2.50 bits per heavy atom. The standard InChI is InChI=1S/C11H22N2O3/c1-2-16-11(15)7-9-13-8-5-3-4-6-10(12)14/h13H,2-9H2,1H3,(H2,12,14). The maximum absolute atomic E-state index is 10.9. The smallest absolute Gasteiger partial charge is 0.307 e. The van der Waals surface area contributed by atoms with Crippen LogP contribution in [0, 0.1) is 0 Å². The van der Waals surface area contributed by atoms with Gasteiger partial charge in [-0.15, -0.1) is 0 Å². The number of amides is 1. The Labute approximate surface area is 96.7 Å². The highest BCUT2D eigenvalue weighted by atomic mass is 16.5. The van der Waals surface area contributed by atoms with Crippen molar-refractivity contribution in [1.29, 1.82) is 0 Å². The molecule has 0 aromatic rings. The van der Waals surface area contributed by atoms with E-state index in [1.165, 1.54) is 0 Å². The van der Waals surface area contributed by atoms with Crippen LogP contribution in [-0.2, 0) is 14.3 Å². The number of hydrogen-bond donors (Lipinski definition) is 2. The first-order chi connectivity index (χ1) is 7.66. The molecule has 0 saturated heterocycles. The molecule has 0 aromatic heterocycles. The Balaban J connectivity index is 3.09. The molecule has 0 aromatic carbocycles. The van der Waals surface area contributed by atoms with Gasteiger partial charge in [0.1, 0.15) is 0 Å². The van der Waals surface area contributed by atoms with Gasteiger partial charge in [0.05, 0.1) is 13.0 Å². The molecule has 0 unspecified atom stereocenters. The van der Waals surface area contributed by atoms with E-state index >= 15 is 0 Å². The van der Waals surface area contributed by atoms with Crippen molar-refractivity contribution in [2.75, 3.05) is 19.7 Å². The maximum atomic E-state index is 10.9. The number of nitrogens with one attached hydrogen (secondary N) is 1. The summed E-state index contributed by atoms with van der Waals surface area (Å²) in [5.74, 6) is -0.404. The summed E-state index contributed by atoms with van der Waals surface area (Å²) in [6.07, 6.45) is 3.69. The van der Waals surface area contributed by atoms with E-state index in [1.54, 1.807) is 6.92 Å². The molecular weight excluding hydrogens is 208 g/mol. The molecule has 3 N–H and O–H groups in total. The van der Waals surface area contributed by atoms with Gasteiger partial charge in [0, 0.05) is 13.0 Å². The van der Waals surface area contributed by atoms with Crippen molar-refractivity contribution in [3.05, 3.63) is 0 Å². The lowest BCUT2D eigenvalue weighted by Gasteiger charge is -2.04. The molecule has 94 valence electrons. The molecule has 0 radical (unpaired) electrons. The predicted octanol–water partition coefficient (Wildman–Crippen LogP) is 0.575. The predicted molar refractivity (Wildman–Crippen MR) is 61.8 cm³/mol. The number of unbranched alkanes of at least 4 members (excludes halogenated alkanes) is 2. The highest BCUT2D eigenvalue weighted by Crippen LogP contribution is 1.97. The molecule has 1 amide bonds. The molecule has 0 heterocycles. The van der Waals surface area contributed by atoms with Gasteiger partial charge in [-0.1, -0.05) is 6.42 Å². The molecule has 0 bridgehead atoms. The van der Waals surface area contributed by atoms with Crippen molar-refractivity contribution in [2.24, 2.45) is 5.73 Å². The minimum atomic E-state index is -0.240. The molecule has 0 atom stereocenters. The highest BCUT2D eigenvalue weighted by Gasteiger charge is 1.99. The van der Waals surface area contributed by atoms with Crippen LogP contribution < -0.4 is 11.1 Å². The summed E-state index contributed by atoms with van der Waals surface area (Å²) in [6.45, 7) is 3.74. The van der Waals surface area contributed by atoms with E-state index in [-0.39, 0.29) is 11.9 Å². The second kappa shape index (κ2) is 10.4. The molecule has 0 aliphatic rings. The Bertz CT molecular complexity index is 207. The lowest BCUT2D eigenvalue weighted by atomic mass is 10.2. The summed E-state index contributed by atoms with van der Waals surface area (Å²) >= 11 is 0. The van der Waals surface area contributed by atoms with E-state index in [4.69, 9.17) is 10.5 Å². The van der Waals surface area contributed by atoms with Crippen LogP contribution in [0.1, 0.15) is 39.0 Å². The first-order valence-electron chi connectivity index (χ1n) is 5.81. The maximum Gasteiger partial charge on any atom is 0.307 e. The molecule has 0 rings (SSSR count). The van der Waals surface area contributed by atoms with Gasteiger partial charge < -0.3 is 15.8 Å². The van der Waals surface area contributed by atoms with Crippen molar-refractivity contribution >= 4 is 11.9 Å². The summed E-state index contributed by atoms with van der Waals surface area (Å²) in [5.41, 5.74) is 5.01. The number of nitrogens with two attached hydrogens (primary N) is 1. The Morgan fingerprint density at radius 2 is 1.88 bits per heavy atom. The molecule has 5 heteroatoms. The van der Waals surface area contributed by atoms with Crippen LogP contribution in [0.4, 0.5) is 0 Å². The summed E-state index contributed by atoms with van der Waals surface area (Å²) in [4.78, 5) is 21.4. The molecular formula is C11H22N2O3. The van der Waals surface area contributed by atoms with Gasteiger partial charge in [-0.25, -0.2) is 0 Å². The molecule has 0 saturated carbocycles. The molecule has 0 aliphatic heterocycles. The number of carbonyl (C=O) groups excluding carboxylic acids is 2. The van der Waals surface area contributed by atoms with Crippen LogP contribution >= 0.6 is 0 Å². The normalized spacial score (nSPS) is 10.1. The third kappa shape index (κ3) is 11.0. The SMILES string of the molecule is CCOC(=O)CCNCCCCCC(N)=O. The number of carbonyl (C=O) groups is 2. The minimum Gasteiger partial charge on any atom is -0.466 e. The van der Waals surface area contributed by atoms with E-state index in [9.17, 15) is 9.59 Å². The van der Waals surface area contributed by atoms with E-state index in [1.807, 2.05) is 0 Å². The van der Waals surface area contributed by atoms with Crippen LogP contribution in [-0.4, -0.2) is 31.6 Å². The van der Waals surface area contributed by atoms with Gasteiger partial charge in [0.25, 0.3) is 0 Å². The van der Waals surface area contributed by atoms with Crippen molar-refractivity contribution in [1.82, 2.24) is 5.32 Å². The van der Waals surface area contributed by atoms with Crippen molar-refractivity contribution in [3.8, 4) is 0 Å². The number of ether oxygens (including phenoxy) is 1. The second-order valence-electron chi connectivity index (χ2n) is 3.58. The van der Waals surface area contributed by atoms with Crippen LogP contribution in [0.3, 0.4) is 0 Å². The van der Waals surface area contributed by atoms with Crippen LogP contribution in [0.5, 0.6) is 0 Å². The van der Waals surface area contributed by atoms with Gasteiger partial charge in [-0.3, -0.25) is 9.59 Å². The van der Waals surface area contributed by atoms with Crippen LogP contribution in [0.2, 0.25) is 0 Å². The van der Waals surface area contributed by atoms with E-state index in [0.29, 0.717) is 26.0 Å². The van der Waals surface area contributed by atoms with Crippen molar-refractivity contribution in [3.63, 3.8) is 0 Å². The number of esters is 1. The average molecular weight is 230 g/mol. The quantitative estimate of drug-likeness (QED) is 0.425. The Hall–Kier alpha value is -1.10. The first-order valence-corrected chi connectivity index (χ1v) is 5.81. The summed E-state index contributed by atoms with van der Waals surface area (Å²) in [7, 11) is 0. The summed E-state index contributed by atoms with van der Waals surface area (Å²) in [6, 6.07) is 0. The summed E-state index contributed by atoms with van der Waals surface area (Å²) in [5, 5.41) is 3.15.